The Labute approximate surface area is 95.0 Å². The Morgan fingerprint density at radius 3 is 3.12 bits per heavy atom. The van der Waals surface area contributed by atoms with Crippen molar-refractivity contribution in [3.63, 3.8) is 0 Å². The highest BCUT2D eigenvalue weighted by Gasteiger charge is 2.23. The van der Waals surface area contributed by atoms with Gasteiger partial charge in [-0.3, -0.25) is 4.79 Å². The fourth-order valence-electron chi connectivity index (χ4n) is 1.64. The molecule has 1 fully saturated rings. The third kappa shape index (κ3) is 2.61. The largest absolute Gasteiger partial charge is 0.352 e. The highest BCUT2D eigenvalue weighted by atomic mass is 16.2. The lowest BCUT2D eigenvalue weighted by Crippen LogP contribution is -2.30. The lowest BCUT2D eigenvalue weighted by molar-refractivity contribution is -0.121. The molecule has 16 heavy (non-hydrogen) atoms. The molecular formula is C11H18N4O. The molecule has 0 bridgehead atoms. The monoisotopic (exact) mass is 222 g/mol. The molecule has 0 aromatic carbocycles. The van der Waals surface area contributed by atoms with E-state index < -0.39 is 0 Å². The number of carbonyl (C=O) groups is 1. The normalized spacial score (nSPS) is 17.1. The van der Waals surface area contributed by atoms with Crippen LogP contribution in [0.15, 0.2) is 12.5 Å². The zero-order valence-corrected chi connectivity index (χ0v) is 9.52. The van der Waals surface area contributed by atoms with E-state index in [9.17, 15) is 4.79 Å². The number of hydrogen-bond acceptors (Lipinski definition) is 3. The summed E-state index contributed by atoms with van der Waals surface area (Å²) in [4.78, 5) is 15.7. The van der Waals surface area contributed by atoms with Gasteiger partial charge in [-0.1, -0.05) is 6.92 Å². The molecule has 1 atom stereocenters. The topological polar surface area (TPSA) is 72.9 Å². The van der Waals surface area contributed by atoms with Crippen molar-refractivity contribution in [3.8, 4) is 0 Å². The second-order valence-electron chi connectivity index (χ2n) is 4.30. The van der Waals surface area contributed by atoms with Crippen LogP contribution in [0.3, 0.4) is 0 Å². The van der Waals surface area contributed by atoms with Gasteiger partial charge >= 0.3 is 0 Å². The maximum atomic E-state index is 11.6. The van der Waals surface area contributed by atoms with E-state index >= 15 is 0 Å². The summed E-state index contributed by atoms with van der Waals surface area (Å²) < 4.78 is 1.83. The van der Waals surface area contributed by atoms with Crippen molar-refractivity contribution >= 4 is 5.91 Å². The minimum absolute atomic E-state index is 0.0452. The van der Waals surface area contributed by atoms with Crippen molar-refractivity contribution in [2.24, 2.45) is 5.73 Å². The molecule has 5 heteroatoms. The van der Waals surface area contributed by atoms with Crippen LogP contribution in [0.2, 0.25) is 0 Å². The third-order valence-corrected chi connectivity index (χ3v) is 2.82. The Balaban J connectivity index is 1.97. The van der Waals surface area contributed by atoms with Gasteiger partial charge < -0.3 is 15.6 Å². The predicted molar refractivity (Wildman–Crippen MR) is 60.6 cm³/mol. The van der Waals surface area contributed by atoms with Crippen molar-refractivity contribution in [1.29, 1.82) is 0 Å². The SMILES string of the molecule is CC[C@@H](N)c1cncn1CC(=O)NC1CC1. The lowest BCUT2D eigenvalue weighted by Gasteiger charge is -2.12. The molecule has 0 saturated heterocycles. The molecule has 5 nitrogen and oxygen atoms in total. The van der Waals surface area contributed by atoms with Gasteiger partial charge in [-0.15, -0.1) is 0 Å². The van der Waals surface area contributed by atoms with Crippen LogP contribution in [0.4, 0.5) is 0 Å². The van der Waals surface area contributed by atoms with Crippen molar-refractivity contribution in [3.05, 3.63) is 18.2 Å². The minimum Gasteiger partial charge on any atom is -0.352 e. The molecule has 88 valence electrons. The molecule has 1 aliphatic carbocycles. The van der Waals surface area contributed by atoms with Crippen LogP contribution in [-0.4, -0.2) is 21.5 Å². The molecule has 3 N–H and O–H groups in total. The third-order valence-electron chi connectivity index (χ3n) is 2.82. The van der Waals surface area contributed by atoms with Crippen molar-refractivity contribution in [2.45, 2.75) is 44.8 Å². The lowest BCUT2D eigenvalue weighted by atomic mass is 10.2. The number of nitrogens with zero attached hydrogens (tertiary/aromatic N) is 2. The summed E-state index contributed by atoms with van der Waals surface area (Å²) in [6.07, 6.45) is 6.46. The molecule has 0 radical (unpaired) electrons. The molecule has 1 heterocycles. The number of nitrogens with two attached hydrogens (primary N) is 1. The van der Waals surface area contributed by atoms with Crippen molar-refractivity contribution in [2.75, 3.05) is 0 Å². The Bertz CT molecular complexity index is 370. The van der Waals surface area contributed by atoms with E-state index in [1.807, 2.05) is 11.5 Å². The standard InChI is InChI=1S/C11H18N4O/c1-2-9(12)10-5-13-7-15(10)6-11(16)14-8-3-4-8/h5,7-9H,2-4,6,12H2,1H3,(H,14,16)/t9-/m1/s1. The predicted octanol–water partition coefficient (Wildman–Crippen LogP) is 0.571. The smallest absolute Gasteiger partial charge is 0.240 e. The first kappa shape index (κ1) is 11.1. The van der Waals surface area contributed by atoms with E-state index in [0.717, 1.165) is 25.0 Å². The average molecular weight is 222 g/mol. The molecule has 0 unspecified atom stereocenters. The first-order chi connectivity index (χ1) is 7.70. The van der Waals surface area contributed by atoms with Gasteiger partial charge in [0.15, 0.2) is 0 Å². The van der Waals surface area contributed by atoms with E-state index in [4.69, 9.17) is 5.73 Å². The summed E-state index contributed by atoms with van der Waals surface area (Å²) in [5.41, 5.74) is 6.86. The molecular weight excluding hydrogens is 204 g/mol. The second-order valence-corrected chi connectivity index (χ2v) is 4.30. The van der Waals surface area contributed by atoms with Gasteiger partial charge in [0.05, 0.1) is 12.0 Å². The number of carbonyl (C=O) groups excluding carboxylic acids is 1. The van der Waals surface area contributed by atoms with E-state index in [-0.39, 0.29) is 11.9 Å². The molecule has 1 aromatic rings. The fraction of sp³-hybridized carbons (Fsp3) is 0.636. The fourth-order valence-corrected chi connectivity index (χ4v) is 1.64. The summed E-state index contributed by atoms with van der Waals surface area (Å²) in [5.74, 6) is 0.0463. The molecule has 1 amide bonds. The zero-order valence-electron chi connectivity index (χ0n) is 9.52. The number of imidazole rings is 1. The van der Waals surface area contributed by atoms with E-state index in [1.165, 1.54) is 0 Å². The van der Waals surface area contributed by atoms with Crippen LogP contribution in [0.1, 0.15) is 37.9 Å². The van der Waals surface area contributed by atoms with Crippen molar-refractivity contribution < 1.29 is 4.79 Å². The number of amides is 1. The number of hydrogen-bond donors (Lipinski definition) is 2. The van der Waals surface area contributed by atoms with Crippen LogP contribution in [-0.2, 0) is 11.3 Å². The highest BCUT2D eigenvalue weighted by Crippen LogP contribution is 2.18. The maximum Gasteiger partial charge on any atom is 0.240 e. The second kappa shape index (κ2) is 4.65. The number of nitrogens with one attached hydrogen (secondary N) is 1. The van der Waals surface area contributed by atoms with Gasteiger partial charge in [-0.2, -0.15) is 0 Å². The first-order valence-electron chi connectivity index (χ1n) is 5.75. The quantitative estimate of drug-likeness (QED) is 0.765. The van der Waals surface area contributed by atoms with Gasteiger partial charge in [0.25, 0.3) is 0 Å². The van der Waals surface area contributed by atoms with E-state index in [0.29, 0.717) is 12.6 Å². The molecule has 0 spiro atoms. The van der Waals surface area contributed by atoms with E-state index in [2.05, 4.69) is 10.3 Å². The summed E-state index contributed by atoms with van der Waals surface area (Å²) >= 11 is 0. The maximum absolute atomic E-state index is 11.6. The Kier molecular flexibility index (Phi) is 3.24. The zero-order chi connectivity index (χ0) is 11.5. The average Bonchev–Trinajstić information content (AvgIpc) is 2.94. The van der Waals surface area contributed by atoms with Gasteiger partial charge in [0.1, 0.15) is 6.54 Å². The van der Waals surface area contributed by atoms with Crippen LogP contribution in [0.5, 0.6) is 0 Å². The molecule has 2 rings (SSSR count). The summed E-state index contributed by atoms with van der Waals surface area (Å²) in [7, 11) is 0. The van der Waals surface area contributed by atoms with Gasteiger partial charge in [0, 0.05) is 18.3 Å². The number of aromatic nitrogens is 2. The highest BCUT2D eigenvalue weighted by molar-refractivity contribution is 5.76. The van der Waals surface area contributed by atoms with Crippen LogP contribution in [0, 0.1) is 0 Å². The minimum atomic E-state index is -0.0452. The molecule has 1 aliphatic rings. The summed E-state index contributed by atoms with van der Waals surface area (Å²) in [6.45, 7) is 2.34. The van der Waals surface area contributed by atoms with Crippen LogP contribution in [0.25, 0.3) is 0 Å². The van der Waals surface area contributed by atoms with E-state index in [1.54, 1.807) is 12.5 Å². The number of rotatable bonds is 5. The first-order valence-corrected chi connectivity index (χ1v) is 5.75. The van der Waals surface area contributed by atoms with Crippen molar-refractivity contribution in [1.82, 2.24) is 14.9 Å². The van der Waals surface area contributed by atoms with Gasteiger partial charge in [-0.05, 0) is 19.3 Å². The summed E-state index contributed by atoms with van der Waals surface area (Å²) in [5, 5.41) is 2.95. The van der Waals surface area contributed by atoms with Gasteiger partial charge in [-0.25, -0.2) is 4.98 Å². The Morgan fingerprint density at radius 2 is 2.50 bits per heavy atom. The molecule has 1 aromatic heterocycles. The summed E-state index contributed by atoms with van der Waals surface area (Å²) in [6, 6.07) is 0.357. The molecule has 0 aliphatic heterocycles. The Hall–Kier alpha value is -1.36. The molecule has 1 saturated carbocycles. The van der Waals surface area contributed by atoms with Crippen LogP contribution < -0.4 is 11.1 Å². The van der Waals surface area contributed by atoms with Gasteiger partial charge in [0.2, 0.25) is 5.91 Å². The Morgan fingerprint density at radius 1 is 1.75 bits per heavy atom. The van der Waals surface area contributed by atoms with Crippen LogP contribution >= 0.6 is 0 Å².